The number of aliphatic hydroxyl groups excluding tert-OH is 18. The van der Waals surface area contributed by atoms with Crippen LogP contribution in [0.15, 0.2) is 12.2 Å². The molecule has 6 heterocycles. The summed E-state index contributed by atoms with van der Waals surface area (Å²) < 4.78 is 73.0. The summed E-state index contributed by atoms with van der Waals surface area (Å²) >= 11 is 0. The molecule has 10 rings (SSSR count). The molecule has 2 bridgehead atoms. The number of carbonyl (C=O) groups is 1. The Balaban J connectivity index is 0.904. The van der Waals surface area contributed by atoms with Crippen LogP contribution in [-0.2, 0) is 61.6 Å². The number of rotatable bonds is 16. The standard InChI is InChI=1S/C55H88O31/c1-19-12-54-10-6-26-52(3,8-5-9-53(26,4)51(74)85-49-43(83-48-40(73)36(69)31(64)24(15-58)79-48)41(21(60)17-75-49)81-46-38(71)34(67)29(62)22(13-56)77-46)27(54)7-11-55(19,18-54)86-50-44(84-45-37(70)33(66)28(61)20(2)76-45)42(32(65)25(16-59)80-50)82-47-39(72)35(68)30(63)23(14-57)78-47/h20-50,56-73H,1,5-18H2,2-4H3. The van der Waals surface area contributed by atoms with Crippen LogP contribution in [0.1, 0.15) is 78.6 Å². The predicted molar refractivity (Wildman–Crippen MR) is 277 cm³/mol. The number of esters is 1. The van der Waals surface area contributed by atoms with Crippen LogP contribution in [0.3, 0.4) is 0 Å². The SMILES string of the molecule is C=C1CC23CCC4C(C)(C(=O)OC5OCC(O)C(OC6OC(CO)C(O)C(O)C6O)C5OC5OC(CO)C(O)C(O)C5O)CCCC4(C)C2CCC1(OC1OC(CO)C(O)C(OC2OC(CO)C(O)C(O)C2O)C1OC1OC(C)C(O)C(O)C1O)C3. The lowest BCUT2D eigenvalue weighted by Gasteiger charge is -2.64. The Morgan fingerprint density at radius 1 is 0.500 bits per heavy atom. The third-order valence-electron chi connectivity index (χ3n) is 20.9. The summed E-state index contributed by atoms with van der Waals surface area (Å²) in [7, 11) is 0. The second-order valence-corrected chi connectivity index (χ2v) is 26.0. The van der Waals surface area contributed by atoms with Crippen molar-refractivity contribution in [3.63, 3.8) is 0 Å². The lowest BCUT2D eigenvalue weighted by Crippen LogP contribution is -2.67. The molecule has 35 unspecified atom stereocenters. The topological polar surface area (TPSA) is 492 Å². The van der Waals surface area contributed by atoms with Crippen LogP contribution in [0.5, 0.6) is 0 Å². The molecule has 10 fully saturated rings. The summed E-state index contributed by atoms with van der Waals surface area (Å²) in [6.07, 6.45) is -46.6. The van der Waals surface area contributed by atoms with E-state index in [1.807, 2.05) is 0 Å². The van der Waals surface area contributed by atoms with Gasteiger partial charge in [-0.3, -0.25) is 4.79 Å². The largest absolute Gasteiger partial charge is 0.432 e. The van der Waals surface area contributed by atoms with Crippen molar-refractivity contribution in [3.8, 4) is 0 Å². The maximum atomic E-state index is 15.3. The Morgan fingerprint density at radius 3 is 1.47 bits per heavy atom. The molecular formula is C55H88O31. The van der Waals surface area contributed by atoms with Crippen LogP contribution in [0.25, 0.3) is 0 Å². The first-order valence-electron chi connectivity index (χ1n) is 29.7. The molecule has 0 aromatic carbocycles. The third-order valence-corrected chi connectivity index (χ3v) is 20.9. The molecule has 0 aromatic rings. The van der Waals surface area contributed by atoms with E-state index < -0.39 is 239 Å². The van der Waals surface area contributed by atoms with Crippen molar-refractivity contribution in [2.75, 3.05) is 33.0 Å². The van der Waals surface area contributed by atoms with Crippen molar-refractivity contribution >= 4 is 5.97 Å². The highest BCUT2D eigenvalue weighted by molar-refractivity contribution is 5.77. The maximum absolute atomic E-state index is 15.3. The molecule has 86 heavy (non-hydrogen) atoms. The molecule has 4 saturated carbocycles. The fraction of sp³-hybridized carbons (Fsp3) is 0.945. The number of carbonyl (C=O) groups excluding carboxylic acids is 1. The van der Waals surface area contributed by atoms with Gasteiger partial charge in [-0.2, -0.15) is 0 Å². The first-order chi connectivity index (χ1) is 40.6. The van der Waals surface area contributed by atoms with Crippen molar-refractivity contribution in [2.24, 2.45) is 28.1 Å². The second-order valence-electron chi connectivity index (χ2n) is 26.0. The third kappa shape index (κ3) is 11.7. The van der Waals surface area contributed by atoms with Gasteiger partial charge >= 0.3 is 5.97 Å². The first kappa shape index (κ1) is 67.0. The molecule has 31 nitrogen and oxygen atoms in total. The number of ether oxygens (including phenoxy) is 12. The van der Waals surface area contributed by atoms with E-state index in [9.17, 15) is 91.9 Å². The number of aliphatic hydroxyl groups is 18. The highest BCUT2D eigenvalue weighted by Crippen LogP contribution is 2.74. The van der Waals surface area contributed by atoms with Crippen LogP contribution >= 0.6 is 0 Å². The van der Waals surface area contributed by atoms with Crippen LogP contribution < -0.4 is 0 Å². The van der Waals surface area contributed by atoms with Gasteiger partial charge in [-0.05, 0) is 93.5 Å². The van der Waals surface area contributed by atoms with Crippen LogP contribution in [-0.4, -0.2) is 315 Å². The van der Waals surface area contributed by atoms with Gasteiger partial charge in [-0.1, -0.05) is 19.9 Å². The average Bonchev–Trinajstić information content (AvgIpc) is 1.75. The molecule has 35 atom stereocenters. The van der Waals surface area contributed by atoms with E-state index in [4.69, 9.17) is 56.8 Å². The summed E-state index contributed by atoms with van der Waals surface area (Å²) in [5, 5.41) is 193. The Morgan fingerprint density at radius 2 is 0.942 bits per heavy atom. The van der Waals surface area contributed by atoms with E-state index in [1.165, 1.54) is 6.92 Å². The average molecular weight is 1250 g/mol. The lowest BCUT2D eigenvalue weighted by molar-refractivity contribution is -0.398. The Labute approximate surface area is 494 Å². The molecule has 6 saturated heterocycles. The van der Waals surface area contributed by atoms with E-state index in [0.717, 1.165) is 0 Å². The highest BCUT2D eigenvalue weighted by atomic mass is 16.8. The van der Waals surface area contributed by atoms with Gasteiger partial charge in [0.25, 0.3) is 0 Å². The van der Waals surface area contributed by atoms with Gasteiger partial charge in [-0.15, -0.1) is 0 Å². The molecule has 4 aliphatic carbocycles. The van der Waals surface area contributed by atoms with Gasteiger partial charge in [0.1, 0.15) is 128 Å². The molecule has 18 N–H and O–H groups in total. The van der Waals surface area contributed by atoms with Crippen molar-refractivity contribution in [3.05, 3.63) is 12.2 Å². The Hall–Kier alpha value is -1.95. The van der Waals surface area contributed by atoms with E-state index in [0.29, 0.717) is 63.4 Å². The van der Waals surface area contributed by atoms with Crippen LogP contribution in [0, 0.1) is 28.1 Å². The molecule has 0 amide bonds. The van der Waals surface area contributed by atoms with Crippen molar-refractivity contribution in [1.82, 2.24) is 0 Å². The molecule has 0 aromatic heterocycles. The van der Waals surface area contributed by atoms with Gasteiger partial charge in [-0.25, -0.2) is 0 Å². The first-order valence-corrected chi connectivity index (χ1v) is 29.7. The quantitative estimate of drug-likeness (QED) is 0.0388. The second kappa shape index (κ2) is 25.9. The highest BCUT2D eigenvalue weighted by Gasteiger charge is 2.70. The molecular weight excluding hydrogens is 1160 g/mol. The molecule has 494 valence electrons. The van der Waals surface area contributed by atoms with Gasteiger partial charge in [0.2, 0.25) is 6.29 Å². The fourth-order valence-corrected chi connectivity index (χ4v) is 16.1. The molecule has 1 spiro atoms. The zero-order valence-corrected chi connectivity index (χ0v) is 47.9. The molecule has 31 heteroatoms. The number of fused-ring (bicyclic) bond motifs is 3. The van der Waals surface area contributed by atoms with Crippen molar-refractivity contribution in [1.29, 1.82) is 0 Å². The summed E-state index contributed by atoms with van der Waals surface area (Å²) in [6.45, 7) is 5.94. The van der Waals surface area contributed by atoms with Gasteiger partial charge in [0.15, 0.2) is 37.6 Å². The minimum Gasteiger partial charge on any atom is -0.432 e. The minimum absolute atomic E-state index is 0.0920. The Kier molecular flexibility index (Phi) is 20.1. The summed E-state index contributed by atoms with van der Waals surface area (Å²) in [5.74, 6) is -1.21. The van der Waals surface area contributed by atoms with E-state index in [2.05, 4.69) is 13.5 Å². The summed E-state index contributed by atoms with van der Waals surface area (Å²) in [4.78, 5) is 15.3. The maximum Gasteiger partial charge on any atom is 0.314 e. The van der Waals surface area contributed by atoms with E-state index in [1.54, 1.807) is 6.92 Å². The smallest absolute Gasteiger partial charge is 0.314 e. The van der Waals surface area contributed by atoms with E-state index >= 15 is 4.79 Å². The van der Waals surface area contributed by atoms with Crippen molar-refractivity contribution < 1.29 is 154 Å². The fourth-order valence-electron chi connectivity index (χ4n) is 16.1. The Bertz CT molecular complexity index is 2320. The number of hydrogen-bond donors (Lipinski definition) is 18. The zero-order valence-electron chi connectivity index (χ0n) is 47.9. The van der Waals surface area contributed by atoms with Crippen LogP contribution in [0.2, 0.25) is 0 Å². The monoisotopic (exact) mass is 1240 g/mol. The number of hydrogen-bond acceptors (Lipinski definition) is 31. The van der Waals surface area contributed by atoms with Gasteiger partial charge in [0.05, 0.1) is 50.2 Å². The molecule has 0 radical (unpaired) electrons. The van der Waals surface area contributed by atoms with Gasteiger partial charge < -0.3 is 149 Å². The normalized spacial score (nSPS) is 55.1. The van der Waals surface area contributed by atoms with Gasteiger partial charge in [0, 0.05) is 0 Å². The molecule has 6 aliphatic heterocycles. The van der Waals surface area contributed by atoms with E-state index in [-0.39, 0.29) is 11.8 Å². The minimum atomic E-state index is -2.01. The summed E-state index contributed by atoms with van der Waals surface area (Å²) in [6, 6.07) is 0. The van der Waals surface area contributed by atoms with Crippen molar-refractivity contribution in [2.45, 2.75) is 262 Å². The van der Waals surface area contributed by atoms with Crippen LogP contribution in [0.4, 0.5) is 0 Å². The molecule has 10 aliphatic rings. The summed E-state index contributed by atoms with van der Waals surface area (Å²) in [5.41, 5.74) is -2.90. The predicted octanol–water partition coefficient (Wildman–Crippen LogP) is -7.80. The zero-order chi connectivity index (χ0) is 62.4. The lowest BCUT2D eigenvalue weighted by atomic mass is 9.41.